The minimum Gasteiger partial charge on any atom is -0.493 e. The first-order chi connectivity index (χ1) is 11.1. The van der Waals surface area contributed by atoms with Crippen molar-refractivity contribution in [2.75, 3.05) is 20.3 Å². The quantitative estimate of drug-likeness (QED) is 0.636. The second-order valence-corrected chi connectivity index (χ2v) is 5.51. The third-order valence-electron chi connectivity index (χ3n) is 3.68. The van der Waals surface area contributed by atoms with Gasteiger partial charge in [-0.05, 0) is 37.1 Å². The zero-order chi connectivity index (χ0) is 16.7. The third kappa shape index (κ3) is 6.25. The van der Waals surface area contributed by atoms with Gasteiger partial charge in [0.05, 0.1) is 7.11 Å². The summed E-state index contributed by atoms with van der Waals surface area (Å²) in [5.74, 6) is 0.410. The summed E-state index contributed by atoms with van der Waals surface area (Å²) in [7, 11) is 1.51. The van der Waals surface area contributed by atoms with Crippen molar-refractivity contribution in [3.8, 4) is 11.5 Å². The molecule has 1 aliphatic heterocycles. The van der Waals surface area contributed by atoms with Crippen LogP contribution in [0, 0.1) is 0 Å². The van der Waals surface area contributed by atoms with E-state index in [-0.39, 0.29) is 31.0 Å². The number of methoxy groups -OCH3 is 1. The molecule has 1 aromatic rings. The number of hydrogen-bond donors (Lipinski definition) is 3. The summed E-state index contributed by atoms with van der Waals surface area (Å²) >= 11 is 0. The molecule has 0 aromatic heterocycles. The monoisotopic (exact) mass is 357 g/mol. The topological polar surface area (TPSA) is 103 Å². The standard InChI is InChI=1S/C16H23N3O4.ClH/c1-22-14-7-11(4-5-13(14)23-10-15(17)20)9-19-16(21)8-12-3-2-6-18-12;/h4-5,7,12,18H,2-3,6,8-10H2,1H3,(H2,17,20)(H,19,21);1H. The van der Waals surface area contributed by atoms with Gasteiger partial charge in [0.15, 0.2) is 18.1 Å². The average Bonchev–Trinajstić information content (AvgIpc) is 3.04. The molecular formula is C16H24ClN3O4. The predicted molar refractivity (Wildman–Crippen MR) is 92.4 cm³/mol. The Morgan fingerprint density at radius 3 is 2.79 bits per heavy atom. The Labute approximate surface area is 147 Å². The number of ether oxygens (including phenoxy) is 2. The molecule has 2 rings (SSSR count). The van der Waals surface area contributed by atoms with Crippen LogP contribution in [0.3, 0.4) is 0 Å². The lowest BCUT2D eigenvalue weighted by molar-refractivity contribution is -0.122. The number of nitrogens with two attached hydrogens (primary N) is 1. The molecule has 24 heavy (non-hydrogen) atoms. The molecule has 134 valence electrons. The Balaban J connectivity index is 0.00000288. The van der Waals surface area contributed by atoms with Crippen LogP contribution in [0.25, 0.3) is 0 Å². The summed E-state index contributed by atoms with van der Waals surface area (Å²) in [5, 5.41) is 6.20. The molecule has 1 unspecified atom stereocenters. The number of carbonyl (C=O) groups excluding carboxylic acids is 2. The lowest BCUT2D eigenvalue weighted by Gasteiger charge is -2.13. The Morgan fingerprint density at radius 1 is 1.38 bits per heavy atom. The molecule has 0 bridgehead atoms. The highest BCUT2D eigenvalue weighted by Crippen LogP contribution is 2.28. The first kappa shape index (κ1) is 20.1. The fourth-order valence-electron chi connectivity index (χ4n) is 2.52. The normalized spacial score (nSPS) is 16.1. The van der Waals surface area contributed by atoms with E-state index in [0.29, 0.717) is 24.5 Å². The molecule has 1 aliphatic rings. The number of hydrogen-bond acceptors (Lipinski definition) is 5. The molecule has 0 radical (unpaired) electrons. The highest BCUT2D eigenvalue weighted by molar-refractivity contribution is 5.85. The van der Waals surface area contributed by atoms with Gasteiger partial charge in [0, 0.05) is 19.0 Å². The number of carbonyl (C=O) groups is 2. The minimum atomic E-state index is -0.552. The maximum absolute atomic E-state index is 11.9. The van der Waals surface area contributed by atoms with E-state index in [9.17, 15) is 9.59 Å². The third-order valence-corrected chi connectivity index (χ3v) is 3.68. The average molecular weight is 358 g/mol. The van der Waals surface area contributed by atoms with E-state index in [2.05, 4.69) is 10.6 Å². The van der Waals surface area contributed by atoms with Crippen LogP contribution in [-0.4, -0.2) is 38.1 Å². The van der Waals surface area contributed by atoms with Crippen molar-refractivity contribution in [2.24, 2.45) is 5.73 Å². The Kier molecular flexibility index (Phi) is 8.35. The van der Waals surface area contributed by atoms with Crippen molar-refractivity contribution >= 4 is 24.2 Å². The second-order valence-electron chi connectivity index (χ2n) is 5.51. The van der Waals surface area contributed by atoms with Gasteiger partial charge < -0.3 is 25.8 Å². The summed E-state index contributed by atoms with van der Waals surface area (Å²) in [6.07, 6.45) is 2.67. The van der Waals surface area contributed by atoms with E-state index in [0.717, 1.165) is 24.9 Å². The van der Waals surface area contributed by atoms with Gasteiger partial charge >= 0.3 is 0 Å². The van der Waals surface area contributed by atoms with Gasteiger partial charge in [-0.15, -0.1) is 12.4 Å². The second kappa shape index (κ2) is 10.00. The molecule has 8 heteroatoms. The van der Waals surface area contributed by atoms with Crippen LogP contribution in [0.1, 0.15) is 24.8 Å². The van der Waals surface area contributed by atoms with E-state index in [1.165, 1.54) is 7.11 Å². The molecule has 1 saturated heterocycles. The molecule has 2 amide bonds. The van der Waals surface area contributed by atoms with E-state index in [1.54, 1.807) is 12.1 Å². The highest BCUT2D eigenvalue weighted by atomic mass is 35.5. The van der Waals surface area contributed by atoms with Crippen molar-refractivity contribution in [1.29, 1.82) is 0 Å². The fourth-order valence-corrected chi connectivity index (χ4v) is 2.52. The van der Waals surface area contributed by atoms with Crippen molar-refractivity contribution < 1.29 is 19.1 Å². The Morgan fingerprint density at radius 2 is 2.17 bits per heavy atom. The molecule has 1 aromatic carbocycles. The van der Waals surface area contributed by atoms with Gasteiger partial charge in [-0.25, -0.2) is 0 Å². The lowest BCUT2D eigenvalue weighted by Crippen LogP contribution is -2.31. The molecule has 1 atom stereocenters. The number of nitrogens with one attached hydrogen (secondary N) is 2. The van der Waals surface area contributed by atoms with Crippen molar-refractivity contribution in [3.63, 3.8) is 0 Å². The summed E-state index contributed by atoms with van der Waals surface area (Å²) < 4.78 is 10.5. The van der Waals surface area contributed by atoms with Crippen LogP contribution in [0.4, 0.5) is 0 Å². The van der Waals surface area contributed by atoms with Gasteiger partial charge in [0.25, 0.3) is 5.91 Å². The molecular weight excluding hydrogens is 334 g/mol. The Bertz CT molecular complexity index is 562. The highest BCUT2D eigenvalue weighted by Gasteiger charge is 2.17. The first-order valence-electron chi connectivity index (χ1n) is 7.66. The smallest absolute Gasteiger partial charge is 0.255 e. The summed E-state index contributed by atoms with van der Waals surface area (Å²) in [4.78, 5) is 22.7. The van der Waals surface area contributed by atoms with Gasteiger partial charge in [-0.1, -0.05) is 6.07 Å². The van der Waals surface area contributed by atoms with Gasteiger partial charge in [-0.2, -0.15) is 0 Å². The Hall–Kier alpha value is -1.99. The number of amides is 2. The van der Waals surface area contributed by atoms with Crippen LogP contribution >= 0.6 is 12.4 Å². The molecule has 1 heterocycles. The molecule has 0 aliphatic carbocycles. The zero-order valence-corrected chi connectivity index (χ0v) is 14.5. The zero-order valence-electron chi connectivity index (χ0n) is 13.7. The van der Waals surface area contributed by atoms with Crippen LogP contribution in [0.15, 0.2) is 18.2 Å². The summed E-state index contributed by atoms with van der Waals surface area (Å²) in [6.45, 7) is 1.20. The van der Waals surface area contributed by atoms with Crippen molar-refractivity contribution in [3.05, 3.63) is 23.8 Å². The molecule has 0 saturated carbocycles. The van der Waals surface area contributed by atoms with Gasteiger partial charge in [0.1, 0.15) is 0 Å². The van der Waals surface area contributed by atoms with Gasteiger partial charge in [-0.3, -0.25) is 9.59 Å². The van der Waals surface area contributed by atoms with Crippen LogP contribution < -0.4 is 25.8 Å². The number of halogens is 1. The van der Waals surface area contributed by atoms with E-state index in [1.807, 2.05) is 6.07 Å². The van der Waals surface area contributed by atoms with Crippen LogP contribution in [0.5, 0.6) is 11.5 Å². The largest absolute Gasteiger partial charge is 0.493 e. The lowest BCUT2D eigenvalue weighted by atomic mass is 10.1. The fraction of sp³-hybridized carbons (Fsp3) is 0.500. The maximum Gasteiger partial charge on any atom is 0.255 e. The molecule has 1 fully saturated rings. The van der Waals surface area contributed by atoms with Crippen LogP contribution in [-0.2, 0) is 16.1 Å². The summed E-state index contributed by atoms with van der Waals surface area (Å²) in [5.41, 5.74) is 5.94. The molecule has 7 nitrogen and oxygen atoms in total. The van der Waals surface area contributed by atoms with Crippen molar-refractivity contribution in [1.82, 2.24) is 10.6 Å². The number of rotatable bonds is 8. The van der Waals surface area contributed by atoms with E-state index in [4.69, 9.17) is 15.2 Å². The van der Waals surface area contributed by atoms with E-state index >= 15 is 0 Å². The van der Waals surface area contributed by atoms with Crippen molar-refractivity contribution in [2.45, 2.75) is 31.8 Å². The predicted octanol–water partition coefficient (Wildman–Crippen LogP) is 0.739. The summed E-state index contributed by atoms with van der Waals surface area (Å²) in [6, 6.07) is 5.56. The molecule has 0 spiro atoms. The van der Waals surface area contributed by atoms with Gasteiger partial charge in [0.2, 0.25) is 5.91 Å². The van der Waals surface area contributed by atoms with E-state index < -0.39 is 5.91 Å². The SMILES string of the molecule is COc1cc(CNC(=O)CC2CCCN2)ccc1OCC(N)=O.Cl. The number of primary amides is 1. The minimum absolute atomic E-state index is 0. The first-order valence-corrected chi connectivity index (χ1v) is 7.66. The van der Waals surface area contributed by atoms with Crippen LogP contribution in [0.2, 0.25) is 0 Å². The molecule has 4 N–H and O–H groups in total. The maximum atomic E-state index is 11.9. The number of benzene rings is 1.